The minimum absolute atomic E-state index is 0.0196. The van der Waals surface area contributed by atoms with Gasteiger partial charge in [-0.1, -0.05) is 12.1 Å². The summed E-state index contributed by atoms with van der Waals surface area (Å²) in [7, 11) is -4.21. The number of nitrogens with zero attached hydrogens (tertiary/aromatic N) is 2. The Kier molecular flexibility index (Phi) is 4.03. The molecule has 1 aromatic carbocycles. The highest BCUT2D eigenvalue weighted by Crippen LogP contribution is 2.27. The quantitative estimate of drug-likeness (QED) is 0.855. The zero-order chi connectivity index (χ0) is 16.6. The maximum absolute atomic E-state index is 13.7. The molecule has 3 rings (SSSR count). The van der Waals surface area contributed by atoms with Crippen LogP contribution in [0.1, 0.15) is 5.69 Å². The van der Waals surface area contributed by atoms with E-state index in [0.717, 1.165) is 28.2 Å². The van der Waals surface area contributed by atoms with E-state index < -0.39 is 32.7 Å². The lowest BCUT2D eigenvalue weighted by atomic mass is 10.2. The molecule has 2 heterocycles. The normalized spacial score (nSPS) is 16.1. The summed E-state index contributed by atoms with van der Waals surface area (Å²) < 4.78 is 58.4. The summed E-state index contributed by atoms with van der Waals surface area (Å²) in [4.78, 5) is 3.23. The highest BCUT2D eigenvalue weighted by atomic mass is 32.2. The molecule has 1 fully saturated rings. The molecule has 0 aliphatic carbocycles. The Morgan fingerprint density at radius 3 is 2.35 bits per heavy atom. The van der Waals surface area contributed by atoms with Gasteiger partial charge >= 0.3 is 0 Å². The van der Waals surface area contributed by atoms with E-state index in [9.17, 15) is 17.2 Å². The number of halogens is 2. The molecule has 8 heteroatoms. The Morgan fingerprint density at radius 1 is 1.13 bits per heavy atom. The molecule has 0 amide bonds. The first-order valence-electron chi connectivity index (χ1n) is 6.92. The van der Waals surface area contributed by atoms with Crippen molar-refractivity contribution in [3.63, 3.8) is 0 Å². The van der Waals surface area contributed by atoms with Crippen LogP contribution in [0.3, 0.4) is 0 Å². The monoisotopic (exact) mass is 340 g/mol. The first-order chi connectivity index (χ1) is 10.9. The molecule has 23 heavy (non-hydrogen) atoms. The Bertz CT molecular complexity index is 816. The van der Waals surface area contributed by atoms with Crippen LogP contribution in [-0.4, -0.2) is 36.9 Å². The minimum atomic E-state index is -4.21. The number of pyridine rings is 1. The lowest BCUT2D eigenvalue weighted by molar-refractivity contribution is 0.0716. The van der Waals surface area contributed by atoms with E-state index in [1.54, 1.807) is 12.1 Å². The summed E-state index contributed by atoms with van der Waals surface area (Å²) in [6.45, 7) is 1.85. The van der Waals surface area contributed by atoms with Crippen LogP contribution in [0, 0.1) is 18.6 Å². The third kappa shape index (κ3) is 3.04. The predicted octanol–water partition coefficient (Wildman–Crippen LogP) is 2.12. The number of ether oxygens (including phenoxy) is 1. The standard InChI is InChI=1S/C15H14F2N2O3S/c1-10-4-2-7-14(18-10)22-11-8-19(9-11)23(20,21)15-12(16)5-3-6-13(15)17/h2-7,11H,8-9H2,1H3. The van der Waals surface area contributed by atoms with E-state index in [2.05, 4.69) is 4.98 Å². The summed E-state index contributed by atoms with van der Waals surface area (Å²) in [6, 6.07) is 8.21. The smallest absolute Gasteiger partial charge is 0.249 e. The molecule has 2 aromatic rings. The molecular weight excluding hydrogens is 326 g/mol. The van der Waals surface area contributed by atoms with Crippen molar-refractivity contribution in [2.45, 2.75) is 17.9 Å². The number of sulfonamides is 1. The van der Waals surface area contributed by atoms with Crippen molar-refractivity contribution in [1.82, 2.24) is 9.29 Å². The third-order valence-corrected chi connectivity index (χ3v) is 5.37. The topological polar surface area (TPSA) is 59.5 Å². The Morgan fingerprint density at radius 2 is 1.74 bits per heavy atom. The van der Waals surface area contributed by atoms with Gasteiger partial charge in [-0.05, 0) is 25.1 Å². The zero-order valence-electron chi connectivity index (χ0n) is 12.2. The summed E-state index contributed by atoms with van der Waals surface area (Å²) in [5.41, 5.74) is 0.778. The van der Waals surface area contributed by atoms with Crippen molar-refractivity contribution in [3.05, 3.63) is 53.7 Å². The van der Waals surface area contributed by atoms with Gasteiger partial charge in [0.2, 0.25) is 15.9 Å². The summed E-state index contributed by atoms with van der Waals surface area (Å²) in [5.74, 6) is -1.81. The summed E-state index contributed by atoms with van der Waals surface area (Å²) >= 11 is 0. The Balaban J connectivity index is 1.71. The van der Waals surface area contributed by atoms with E-state index >= 15 is 0 Å². The molecule has 0 bridgehead atoms. The van der Waals surface area contributed by atoms with Crippen LogP contribution in [0.4, 0.5) is 8.78 Å². The van der Waals surface area contributed by atoms with Crippen molar-refractivity contribution in [1.29, 1.82) is 0 Å². The van der Waals surface area contributed by atoms with Gasteiger partial charge in [-0.3, -0.25) is 0 Å². The zero-order valence-corrected chi connectivity index (χ0v) is 13.1. The van der Waals surface area contributed by atoms with E-state index in [4.69, 9.17) is 4.74 Å². The largest absolute Gasteiger partial charge is 0.472 e. The van der Waals surface area contributed by atoms with E-state index in [0.29, 0.717) is 5.88 Å². The van der Waals surface area contributed by atoms with Crippen LogP contribution in [0.2, 0.25) is 0 Å². The first kappa shape index (κ1) is 15.8. The van der Waals surface area contributed by atoms with Crippen LogP contribution in [-0.2, 0) is 10.0 Å². The molecule has 1 aliphatic rings. The van der Waals surface area contributed by atoms with Gasteiger partial charge in [0.15, 0.2) is 4.90 Å². The van der Waals surface area contributed by atoms with Crippen LogP contribution in [0.15, 0.2) is 41.3 Å². The fourth-order valence-corrected chi connectivity index (χ4v) is 3.90. The van der Waals surface area contributed by atoms with Gasteiger partial charge in [0.1, 0.15) is 17.7 Å². The van der Waals surface area contributed by atoms with Gasteiger partial charge in [-0.2, -0.15) is 4.31 Å². The van der Waals surface area contributed by atoms with Crippen LogP contribution < -0.4 is 4.74 Å². The molecule has 0 unspecified atom stereocenters. The number of rotatable bonds is 4. The maximum Gasteiger partial charge on any atom is 0.249 e. The van der Waals surface area contributed by atoms with Gasteiger partial charge in [0.05, 0.1) is 13.1 Å². The molecular formula is C15H14F2N2O3S. The van der Waals surface area contributed by atoms with Crippen molar-refractivity contribution in [2.75, 3.05) is 13.1 Å². The van der Waals surface area contributed by atoms with Gasteiger partial charge < -0.3 is 4.74 Å². The molecule has 0 saturated carbocycles. The average molecular weight is 340 g/mol. The minimum Gasteiger partial charge on any atom is -0.472 e. The van der Waals surface area contributed by atoms with Gasteiger partial charge in [0, 0.05) is 11.8 Å². The van der Waals surface area contributed by atoms with Gasteiger partial charge in [0.25, 0.3) is 0 Å². The number of benzene rings is 1. The SMILES string of the molecule is Cc1cccc(OC2CN(S(=O)(=O)c3c(F)cccc3F)C2)n1. The third-order valence-electron chi connectivity index (χ3n) is 3.48. The van der Waals surface area contributed by atoms with Crippen molar-refractivity contribution in [3.8, 4) is 5.88 Å². The van der Waals surface area contributed by atoms with Crippen LogP contribution >= 0.6 is 0 Å². The molecule has 1 aromatic heterocycles. The average Bonchev–Trinajstić information content (AvgIpc) is 2.41. The second-order valence-electron chi connectivity index (χ2n) is 5.23. The molecule has 1 aliphatic heterocycles. The summed E-state index contributed by atoms with van der Waals surface area (Å²) in [6.07, 6.45) is -0.395. The molecule has 1 saturated heterocycles. The highest BCUT2D eigenvalue weighted by Gasteiger charge is 2.40. The van der Waals surface area contributed by atoms with E-state index in [1.807, 2.05) is 13.0 Å². The van der Waals surface area contributed by atoms with Crippen LogP contribution in [0.25, 0.3) is 0 Å². The number of aromatic nitrogens is 1. The van der Waals surface area contributed by atoms with Gasteiger partial charge in [-0.25, -0.2) is 22.2 Å². The molecule has 122 valence electrons. The number of hydrogen-bond donors (Lipinski definition) is 0. The lowest BCUT2D eigenvalue weighted by Gasteiger charge is -2.37. The van der Waals surface area contributed by atoms with Crippen LogP contribution in [0.5, 0.6) is 5.88 Å². The van der Waals surface area contributed by atoms with Crippen molar-refractivity contribution in [2.24, 2.45) is 0 Å². The fraction of sp³-hybridized carbons (Fsp3) is 0.267. The van der Waals surface area contributed by atoms with Crippen molar-refractivity contribution < 1.29 is 21.9 Å². The Hall–Kier alpha value is -2.06. The lowest BCUT2D eigenvalue weighted by Crippen LogP contribution is -2.56. The van der Waals surface area contributed by atoms with E-state index in [-0.39, 0.29) is 13.1 Å². The first-order valence-corrected chi connectivity index (χ1v) is 8.36. The van der Waals surface area contributed by atoms with Crippen molar-refractivity contribution >= 4 is 10.0 Å². The highest BCUT2D eigenvalue weighted by molar-refractivity contribution is 7.89. The van der Waals surface area contributed by atoms with Gasteiger partial charge in [-0.15, -0.1) is 0 Å². The number of aryl methyl sites for hydroxylation is 1. The molecule has 0 N–H and O–H groups in total. The second-order valence-corrected chi connectivity index (χ2v) is 7.10. The fourth-order valence-electron chi connectivity index (χ4n) is 2.28. The predicted molar refractivity (Wildman–Crippen MR) is 78.5 cm³/mol. The summed E-state index contributed by atoms with van der Waals surface area (Å²) in [5, 5.41) is 0. The molecule has 5 nitrogen and oxygen atoms in total. The number of hydrogen-bond acceptors (Lipinski definition) is 4. The molecule has 0 radical (unpaired) electrons. The Labute approximate surface area is 132 Å². The molecule has 0 spiro atoms. The second kappa shape index (κ2) is 5.86. The van der Waals surface area contributed by atoms with E-state index in [1.165, 1.54) is 0 Å². The molecule has 0 atom stereocenters. The maximum atomic E-state index is 13.7.